The fourth-order valence-electron chi connectivity index (χ4n) is 4.74. The zero-order valence-corrected chi connectivity index (χ0v) is 13.9. The van der Waals surface area contributed by atoms with Crippen molar-refractivity contribution in [3.63, 3.8) is 0 Å². The third kappa shape index (κ3) is 3.05. The molecule has 0 amide bonds. The van der Waals surface area contributed by atoms with Crippen molar-refractivity contribution in [3.05, 3.63) is 0 Å². The molecule has 3 heteroatoms. The molecule has 2 unspecified atom stereocenters. The van der Waals surface area contributed by atoms with Crippen LogP contribution in [0.5, 0.6) is 0 Å². The highest BCUT2D eigenvalue weighted by Gasteiger charge is 2.44. The van der Waals surface area contributed by atoms with Crippen molar-refractivity contribution in [1.82, 2.24) is 9.80 Å². The summed E-state index contributed by atoms with van der Waals surface area (Å²) in [4.78, 5) is 5.30. The lowest BCUT2D eigenvalue weighted by molar-refractivity contribution is -0.0238. The molecule has 0 bridgehead atoms. The number of hydrogen-bond donors (Lipinski definition) is 1. The SMILES string of the molecule is CCC1CCCCC1(CN)N(C)C1CCN(CC)CC1. The normalized spacial score (nSPS) is 33.8. The predicted molar refractivity (Wildman–Crippen MR) is 86.9 cm³/mol. The zero-order valence-electron chi connectivity index (χ0n) is 13.9. The van der Waals surface area contributed by atoms with Gasteiger partial charge in [0.1, 0.15) is 0 Å². The van der Waals surface area contributed by atoms with Gasteiger partial charge in [0.2, 0.25) is 0 Å². The molecule has 1 saturated heterocycles. The predicted octanol–water partition coefficient (Wildman–Crippen LogP) is 2.70. The molecule has 0 aromatic rings. The number of nitrogens with two attached hydrogens (primary N) is 1. The molecule has 1 aliphatic carbocycles. The van der Waals surface area contributed by atoms with Gasteiger partial charge >= 0.3 is 0 Å². The lowest BCUT2D eigenvalue weighted by Gasteiger charge is -2.53. The summed E-state index contributed by atoms with van der Waals surface area (Å²) in [5, 5.41) is 0. The molecule has 1 saturated carbocycles. The molecular weight excluding hydrogens is 246 g/mol. The molecule has 1 heterocycles. The largest absolute Gasteiger partial charge is 0.329 e. The maximum Gasteiger partial charge on any atom is 0.0359 e. The third-order valence-electron chi connectivity index (χ3n) is 6.27. The van der Waals surface area contributed by atoms with Crippen LogP contribution >= 0.6 is 0 Å². The summed E-state index contributed by atoms with van der Waals surface area (Å²) in [6.07, 6.45) is 9.40. The van der Waals surface area contributed by atoms with E-state index in [1.54, 1.807) is 0 Å². The van der Waals surface area contributed by atoms with Crippen molar-refractivity contribution in [2.75, 3.05) is 33.2 Å². The van der Waals surface area contributed by atoms with Crippen molar-refractivity contribution < 1.29 is 0 Å². The van der Waals surface area contributed by atoms with Crippen LogP contribution in [0.25, 0.3) is 0 Å². The van der Waals surface area contributed by atoms with E-state index in [4.69, 9.17) is 5.73 Å². The van der Waals surface area contributed by atoms with Gasteiger partial charge in [0, 0.05) is 18.1 Å². The lowest BCUT2D eigenvalue weighted by atomic mass is 9.69. The molecule has 0 aromatic heterocycles. The Balaban J connectivity index is 2.06. The van der Waals surface area contributed by atoms with Crippen molar-refractivity contribution in [2.24, 2.45) is 11.7 Å². The van der Waals surface area contributed by atoms with Gasteiger partial charge in [-0.1, -0.05) is 33.1 Å². The van der Waals surface area contributed by atoms with Crippen LogP contribution < -0.4 is 5.73 Å². The molecule has 1 aliphatic heterocycles. The van der Waals surface area contributed by atoms with Gasteiger partial charge in [-0.05, 0) is 58.3 Å². The van der Waals surface area contributed by atoms with Gasteiger partial charge in [-0.3, -0.25) is 4.90 Å². The van der Waals surface area contributed by atoms with E-state index in [0.29, 0.717) is 0 Å². The molecular formula is C17H35N3. The minimum Gasteiger partial charge on any atom is -0.329 e. The summed E-state index contributed by atoms with van der Waals surface area (Å²) in [5.74, 6) is 0.801. The quantitative estimate of drug-likeness (QED) is 0.841. The Labute approximate surface area is 125 Å². The van der Waals surface area contributed by atoms with E-state index >= 15 is 0 Å². The minimum atomic E-state index is 0.284. The first kappa shape index (κ1) is 16.3. The van der Waals surface area contributed by atoms with E-state index in [1.165, 1.54) is 64.6 Å². The number of piperidine rings is 1. The van der Waals surface area contributed by atoms with E-state index in [0.717, 1.165) is 18.5 Å². The molecule has 0 radical (unpaired) electrons. The Morgan fingerprint density at radius 3 is 2.40 bits per heavy atom. The first-order valence-corrected chi connectivity index (χ1v) is 8.83. The summed E-state index contributed by atoms with van der Waals surface area (Å²) in [6, 6.07) is 0.744. The Bertz CT molecular complexity index is 286. The van der Waals surface area contributed by atoms with Crippen LogP contribution in [0, 0.1) is 5.92 Å². The maximum absolute atomic E-state index is 6.31. The molecule has 118 valence electrons. The number of nitrogens with zero attached hydrogens (tertiary/aromatic N) is 2. The second kappa shape index (κ2) is 7.24. The van der Waals surface area contributed by atoms with Gasteiger partial charge < -0.3 is 10.6 Å². The molecule has 2 fully saturated rings. The van der Waals surface area contributed by atoms with Crippen LogP contribution in [0.2, 0.25) is 0 Å². The van der Waals surface area contributed by atoms with Gasteiger partial charge in [0.05, 0.1) is 0 Å². The first-order valence-electron chi connectivity index (χ1n) is 8.83. The van der Waals surface area contributed by atoms with Crippen LogP contribution in [0.1, 0.15) is 58.8 Å². The monoisotopic (exact) mass is 281 g/mol. The Hall–Kier alpha value is -0.120. The van der Waals surface area contributed by atoms with Crippen LogP contribution in [0.3, 0.4) is 0 Å². The van der Waals surface area contributed by atoms with Crippen LogP contribution in [0.4, 0.5) is 0 Å². The highest BCUT2D eigenvalue weighted by atomic mass is 15.2. The number of likely N-dealkylation sites (N-methyl/N-ethyl adjacent to an activating group) is 1. The molecule has 3 nitrogen and oxygen atoms in total. The Morgan fingerprint density at radius 1 is 1.15 bits per heavy atom. The van der Waals surface area contributed by atoms with Crippen molar-refractivity contribution in [3.8, 4) is 0 Å². The number of rotatable bonds is 5. The van der Waals surface area contributed by atoms with E-state index in [9.17, 15) is 0 Å². The summed E-state index contributed by atoms with van der Waals surface area (Å²) >= 11 is 0. The maximum atomic E-state index is 6.31. The third-order valence-corrected chi connectivity index (χ3v) is 6.27. The van der Waals surface area contributed by atoms with Gasteiger partial charge in [-0.15, -0.1) is 0 Å². The Kier molecular flexibility index (Phi) is 5.88. The van der Waals surface area contributed by atoms with Crippen molar-refractivity contribution in [1.29, 1.82) is 0 Å². The van der Waals surface area contributed by atoms with E-state index in [-0.39, 0.29) is 5.54 Å². The van der Waals surface area contributed by atoms with Crippen LogP contribution in [-0.4, -0.2) is 54.6 Å². The second-order valence-electron chi connectivity index (χ2n) is 6.93. The van der Waals surface area contributed by atoms with Crippen LogP contribution in [0.15, 0.2) is 0 Å². The molecule has 2 atom stereocenters. The molecule has 2 N–H and O–H groups in total. The fourth-order valence-corrected chi connectivity index (χ4v) is 4.74. The van der Waals surface area contributed by atoms with Crippen molar-refractivity contribution >= 4 is 0 Å². The molecule has 2 aliphatic rings. The van der Waals surface area contributed by atoms with Crippen LogP contribution in [-0.2, 0) is 0 Å². The van der Waals surface area contributed by atoms with Gasteiger partial charge in [-0.2, -0.15) is 0 Å². The minimum absolute atomic E-state index is 0.284. The van der Waals surface area contributed by atoms with E-state index < -0.39 is 0 Å². The molecule has 0 aromatic carbocycles. The summed E-state index contributed by atoms with van der Waals surface area (Å²) < 4.78 is 0. The van der Waals surface area contributed by atoms with Crippen molar-refractivity contribution in [2.45, 2.75) is 70.4 Å². The highest BCUT2D eigenvalue weighted by molar-refractivity contribution is 5.01. The smallest absolute Gasteiger partial charge is 0.0359 e. The summed E-state index contributed by atoms with van der Waals surface area (Å²) in [5.41, 5.74) is 6.60. The summed E-state index contributed by atoms with van der Waals surface area (Å²) in [6.45, 7) is 9.21. The van der Waals surface area contributed by atoms with Gasteiger partial charge in [0.25, 0.3) is 0 Å². The first-order chi connectivity index (χ1) is 9.67. The zero-order chi connectivity index (χ0) is 14.6. The lowest BCUT2D eigenvalue weighted by Crippen LogP contribution is -2.62. The summed E-state index contributed by atoms with van der Waals surface area (Å²) in [7, 11) is 2.37. The highest BCUT2D eigenvalue weighted by Crippen LogP contribution is 2.41. The van der Waals surface area contributed by atoms with Gasteiger partial charge in [-0.25, -0.2) is 0 Å². The fraction of sp³-hybridized carbons (Fsp3) is 1.00. The molecule has 0 spiro atoms. The Morgan fingerprint density at radius 2 is 1.85 bits per heavy atom. The number of likely N-dealkylation sites (tertiary alicyclic amines) is 1. The van der Waals surface area contributed by atoms with Gasteiger partial charge in [0.15, 0.2) is 0 Å². The molecule has 20 heavy (non-hydrogen) atoms. The van der Waals surface area contributed by atoms with E-state index in [2.05, 4.69) is 30.7 Å². The molecule has 2 rings (SSSR count). The standard InChI is InChI=1S/C17H35N3/c1-4-15-8-6-7-11-17(15,14-18)19(3)16-9-12-20(5-2)13-10-16/h15-16H,4-14,18H2,1-3H3. The topological polar surface area (TPSA) is 32.5 Å². The van der Waals surface area contributed by atoms with E-state index in [1.807, 2.05) is 0 Å². The average Bonchev–Trinajstić information content (AvgIpc) is 2.54. The number of hydrogen-bond acceptors (Lipinski definition) is 3. The average molecular weight is 281 g/mol. The second-order valence-corrected chi connectivity index (χ2v) is 6.93.